The van der Waals surface area contributed by atoms with Crippen LogP contribution in [-0.2, 0) is 29.7 Å². The number of nitrogens with zero attached hydrogens (tertiary/aromatic N) is 4. The van der Waals surface area contributed by atoms with Gasteiger partial charge in [-0.25, -0.2) is 4.79 Å². The maximum atomic E-state index is 13.8. The maximum absolute atomic E-state index is 13.8. The van der Waals surface area contributed by atoms with Crippen molar-refractivity contribution in [3.05, 3.63) is 114 Å². The molecule has 7 N–H and O–H groups in total. The fraction of sp³-hybridized carbons (Fsp3) is 0.250. The Hall–Kier alpha value is -5.72. The van der Waals surface area contributed by atoms with E-state index < -0.39 is 18.0 Å². The molecular weight excluding hydrogens is 574 g/mol. The monoisotopic (exact) mass is 611 g/mol. The van der Waals surface area contributed by atoms with E-state index in [9.17, 15) is 19.5 Å². The highest BCUT2D eigenvalue weighted by Gasteiger charge is 2.27. The normalized spacial score (nSPS) is 11.9. The van der Waals surface area contributed by atoms with Crippen LogP contribution in [0.3, 0.4) is 0 Å². The lowest BCUT2D eigenvalue weighted by atomic mass is 9.90. The van der Waals surface area contributed by atoms with E-state index in [1.54, 1.807) is 25.4 Å². The molecule has 0 saturated carbocycles. The average molecular weight is 612 g/mol. The van der Waals surface area contributed by atoms with Crippen molar-refractivity contribution in [3.63, 3.8) is 0 Å². The number of aliphatic imine (C=N–C) groups is 1. The molecule has 1 heterocycles. The van der Waals surface area contributed by atoms with Crippen molar-refractivity contribution in [2.45, 2.75) is 37.9 Å². The summed E-state index contributed by atoms with van der Waals surface area (Å²) in [6.07, 6.45) is 2.33. The molecule has 4 rings (SSSR count). The highest BCUT2D eigenvalue weighted by Crippen LogP contribution is 2.25. The van der Waals surface area contributed by atoms with E-state index in [1.807, 2.05) is 60.7 Å². The quantitative estimate of drug-likeness (QED) is 0.0758. The number of phenolic OH excluding ortho intramolecular Hbond substituents is 1. The molecule has 4 amide bonds. The number of benzene rings is 3. The summed E-state index contributed by atoms with van der Waals surface area (Å²) in [6.45, 7) is 0.584. The summed E-state index contributed by atoms with van der Waals surface area (Å²) in [5.74, 6) is -1.27. The van der Waals surface area contributed by atoms with Gasteiger partial charge in [0.15, 0.2) is 5.96 Å². The Morgan fingerprint density at radius 2 is 1.53 bits per heavy atom. The van der Waals surface area contributed by atoms with Crippen molar-refractivity contribution >= 4 is 23.8 Å². The molecular formula is C32H37N9O4. The van der Waals surface area contributed by atoms with Crippen molar-refractivity contribution in [1.29, 1.82) is 0 Å². The molecule has 234 valence electrons. The third-order valence-electron chi connectivity index (χ3n) is 6.82. The largest absolute Gasteiger partial charge is 0.508 e. The Balaban J connectivity index is 1.39. The van der Waals surface area contributed by atoms with Gasteiger partial charge in [-0.3, -0.25) is 24.6 Å². The number of guanidine groups is 1. The topological polar surface area (TPSA) is 189 Å². The summed E-state index contributed by atoms with van der Waals surface area (Å²) in [4.78, 5) is 43.5. The molecule has 0 aliphatic heterocycles. The van der Waals surface area contributed by atoms with Gasteiger partial charge in [0.1, 0.15) is 17.5 Å². The van der Waals surface area contributed by atoms with Gasteiger partial charge in [0.05, 0.1) is 12.5 Å². The molecule has 13 heteroatoms. The van der Waals surface area contributed by atoms with E-state index in [2.05, 4.69) is 36.6 Å². The van der Waals surface area contributed by atoms with Gasteiger partial charge in [-0.05, 0) is 41.7 Å². The first-order valence-electron chi connectivity index (χ1n) is 14.4. The fourth-order valence-electron chi connectivity index (χ4n) is 4.58. The van der Waals surface area contributed by atoms with Gasteiger partial charge in [0.2, 0.25) is 11.8 Å². The first kappa shape index (κ1) is 32.2. The summed E-state index contributed by atoms with van der Waals surface area (Å²) in [5.41, 5.74) is 8.84. The van der Waals surface area contributed by atoms with Crippen LogP contribution in [0.1, 0.15) is 41.1 Å². The molecule has 0 aliphatic rings. The number of rotatable bonds is 13. The van der Waals surface area contributed by atoms with Crippen LogP contribution < -0.4 is 27.0 Å². The van der Waals surface area contributed by atoms with Crippen molar-refractivity contribution in [1.82, 2.24) is 36.3 Å². The minimum atomic E-state index is -0.871. The number of nitrogens with one attached hydrogen (secondary N) is 4. The van der Waals surface area contributed by atoms with E-state index in [4.69, 9.17) is 5.73 Å². The molecule has 0 spiro atoms. The number of carbonyl (C=O) groups is 3. The number of aromatic nitrogens is 3. The van der Waals surface area contributed by atoms with Crippen molar-refractivity contribution in [2.24, 2.45) is 17.8 Å². The number of urea groups is 1. The predicted molar refractivity (Wildman–Crippen MR) is 169 cm³/mol. The number of aromatic hydroxyl groups is 1. The van der Waals surface area contributed by atoms with E-state index in [0.29, 0.717) is 12.1 Å². The average Bonchev–Trinajstić information content (AvgIpc) is 3.47. The number of carbonyl (C=O) groups excluding carboxylic acids is 3. The van der Waals surface area contributed by atoms with Gasteiger partial charge in [-0.15, -0.1) is 5.10 Å². The van der Waals surface area contributed by atoms with Gasteiger partial charge < -0.3 is 26.8 Å². The molecule has 1 aromatic heterocycles. The number of hydrogen-bond donors (Lipinski definition) is 6. The first-order valence-corrected chi connectivity index (χ1v) is 14.4. The molecule has 0 fully saturated rings. The zero-order chi connectivity index (χ0) is 32.0. The van der Waals surface area contributed by atoms with Gasteiger partial charge >= 0.3 is 6.03 Å². The number of amides is 4. The molecule has 0 unspecified atom stereocenters. The van der Waals surface area contributed by atoms with Gasteiger partial charge in [-0.2, -0.15) is 0 Å². The third kappa shape index (κ3) is 10.2. The smallest absolute Gasteiger partial charge is 0.321 e. The molecule has 0 radical (unpaired) electrons. The minimum absolute atomic E-state index is 0.0859. The molecule has 4 aromatic rings. The van der Waals surface area contributed by atoms with Crippen LogP contribution >= 0.6 is 0 Å². The highest BCUT2D eigenvalue weighted by molar-refractivity contribution is 5.95. The molecule has 3 aromatic carbocycles. The standard InChI is InChI=1S/C32H37N9O4/c1-41-21-25(39-40-41)20-36-32(45)38-31(33)34-18-8-13-27(29(43)35-19-22-14-16-26(42)17-15-22)37-30(44)28(23-9-4-2-5-10-23)24-11-6-3-7-12-24/h2-7,9-12,14-17,21,27-28,42H,8,13,18-20H2,1H3,(H,35,43)(H,37,44)(H4,33,34,36,38,45)/t27-/m1/s1. The molecule has 1 atom stereocenters. The molecule has 0 saturated heterocycles. The van der Waals surface area contributed by atoms with Crippen molar-refractivity contribution < 1.29 is 19.5 Å². The number of hydrogen-bond acceptors (Lipinski definition) is 7. The Morgan fingerprint density at radius 1 is 0.889 bits per heavy atom. The zero-order valence-electron chi connectivity index (χ0n) is 24.9. The lowest BCUT2D eigenvalue weighted by Gasteiger charge is -2.23. The van der Waals surface area contributed by atoms with Crippen LogP contribution in [0.4, 0.5) is 4.79 Å². The lowest BCUT2D eigenvalue weighted by Crippen LogP contribution is -2.48. The van der Waals surface area contributed by atoms with Gasteiger partial charge in [-0.1, -0.05) is 78.0 Å². The molecule has 45 heavy (non-hydrogen) atoms. The zero-order valence-corrected chi connectivity index (χ0v) is 24.9. The van der Waals surface area contributed by atoms with Gasteiger partial charge in [0, 0.05) is 26.3 Å². The third-order valence-corrected chi connectivity index (χ3v) is 6.82. The van der Waals surface area contributed by atoms with Crippen LogP contribution in [0.25, 0.3) is 0 Å². The summed E-state index contributed by atoms with van der Waals surface area (Å²) in [6, 6.07) is 23.8. The molecule has 13 nitrogen and oxygen atoms in total. The second-order valence-corrected chi connectivity index (χ2v) is 10.3. The number of nitrogens with two attached hydrogens (primary N) is 1. The van der Waals surface area contributed by atoms with E-state index in [-0.39, 0.29) is 49.6 Å². The van der Waals surface area contributed by atoms with E-state index in [1.165, 1.54) is 16.8 Å². The van der Waals surface area contributed by atoms with Crippen LogP contribution in [0.2, 0.25) is 0 Å². The Bertz CT molecular complexity index is 1540. The first-order chi connectivity index (χ1) is 21.8. The number of aryl methyl sites for hydroxylation is 1. The highest BCUT2D eigenvalue weighted by atomic mass is 16.3. The van der Waals surface area contributed by atoms with E-state index >= 15 is 0 Å². The van der Waals surface area contributed by atoms with Crippen molar-refractivity contribution in [3.8, 4) is 5.75 Å². The molecule has 0 bridgehead atoms. The van der Waals surface area contributed by atoms with Crippen molar-refractivity contribution in [2.75, 3.05) is 6.54 Å². The Morgan fingerprint density at radius 3 is 2.13 bits per heavy atom. The summed E-state index contributed by atoms with van der Waals surface area (Å²) in [7, 11) is 1.72. The minimum Gasteiger partial charge on any atom is -0.508 e. The Kier molecular flexibility index (Phi) is 11.6. The van der Waals surface area contributed by atoms with Crippen LogP contribution in [-0.4, -0.2) is 56.5 Å². The summed E-state index contributed by atoms with van der Waals surface area (Å²) in [5, 5.41) is 28.1. The SMILES string of the molecule is Cn1cc(CNC(=O)NC(N)=NCCC[C@@H](NC(=O)C(c2ccccc2)c2ccccc2)C(=O)NCc2ccc(O)cc2)nn1. The maximum Gasteiger partial charge on any atom is 0.321 e. The lowest BCUT2D eigenvalue weighted by molar-refractivity contribution is -0.129. The van der Waals surface area contributed by atoms with Crippen LogP contribution in [0, 0.1) is 0 Å². The van der Waals surface area contributed by atoms with E-state index in [0.717, 1.165) is 16.7 Å². The van der Waals surface area contributed by atoms with Gasteiger partial charge in [0.25, 0.3) is 0 Å². The molecule has 0 aliphatic carbocycles. The Labute approximate surface area is 260 Å². The van der Waals surface area contributed by atoms with Crippen LogP contribution in [0.15, 0.2) is 96.1 Å². The summed E-state index contributed by atoms with van der Waals surface area (Å²) < 4.78 is 1.53. The summed E-state index contributed by atoms with van der Waals surface area (Å²) >= 11 is 0. The fourth-order valence-corrected chi connectivity index (χ4v) is 4.58. The predicted octanol–water partition coefficient (Wildman–Crippen LogP) is 2.05. The van der Waals surface area contributed by atoms with Crippen LogP contribution in [0.5, 0.6) is 5.75 Å². The number of phenols is 1. The second-order valence-electron chi connectivity index (χ2n) is 10.3. The second kappa shape index (κ2) is 16.2.